The molecule has 4 rings (SSSR count). The molecule has 0 fully saturated rings. The Morgan fingerprint density at radius 1 is 0.825 bits per heavy atom. The third-order valence-electron chi connectivity index (χ3n) is 5.75. The highest BCUT2D eigenvalue weighted by Gasteiger charge is 2.19. The lowest BCUT2D eigenvalue weighted by molar-refractivity contribution is -0.153. The maximum absolute atomic E-state index is 12.6. The Labute approximate surface area is 233 Å². The number of carbonyl (C=O) groups is 2. The highest BCUT2D eigenvalue weighted by Crippen LogP contribution is 2.35. The number of pyridine rings is 1. The van der Waals surface area contributed by atoms with Gasteiger partial charge in [0.2, 0.25) is 0 Å². The number of carbonyl (C=O) groups excluding carboxylic acids is 2. The number of aromatic nitrogens is 1. The fourth-order valence-electron chi connectivity index (χ4n) is 4.29. The van der Waals surface area contributed by atoms with Crippen molar-refractivity contribution in [1.82, 2.24) is 4.98 Å². The van der Waals surface area contributed by atoms with Gasteiger partial charge in [0.1, 0.15) is 30.2 Å². The highest BCUT2D eigenvalue weighted by atomic mass is 19.1. The maximum Gasteiger partial charge on any atom is 0.412 e. The van der Waals surface area contributed by atoms with Gasteiger partial charge in [0.25, 0.3) is 0 Å². The van der Waals surface area contributed by atoms with E-state index in [-0.39, 0.29) is 19.0 Å². The molecule has 1 aromatic heterocycles. The molecule has 210 valence electrons. The van der Waals surface area contributed by atoms with Crippen LogP contribution in [0.25, 0.3) is 32.9 Å². The average Bonchev–Trinajstić information content (AvgIpc) is 2.84. The standard InChI is InChI=1S/C32H35FN2O5/c1-31(2,3)39-28(36)18-20-7-13-24-25-14-10-22(34-30(37)40-32(4,5)6)19-27(25)35-29(26(24)17-20)21-8-11-23(12-9-21)38-16-15-33/h7-14,17,19H,15-16,18H2,1-6H3,(H,34,37). The molecule has 1 amide bonds. The monoisotopic (exact) mass is 546 g/mol. The van der Waals surface area contributed by atoms with Gasteiger partial charge in [-0.3, -0.25) is 10.1 Å². The first-order valence-electron chi connectivity index (χ1n) is 13.2. The third-order valence-corrected chi connectivity index (χ3v) is 5.75. The van der Waals surface area contributed by atoms with Gasteiger partial charge in [0, 0.05) is 22.0 Å². The smallest absolute Gasteiger partial charge is 0.412 e. The zero-order chi connectivity index (χ0) is 29.1. The molecule has 0 aliphatic rings. The molecule has 40 heavy (non-hydrogen) atoms. The normalized spacial score (nSPS) is 11.9. The van der Waals surface area contributed by atoms with E-state index in [1.807, 2.05) is 57.2 Å². The largest absolute Gasteiger partial charge is 0.491 e. The van der Waals surface area contributed by atoms with E-state index in [9.17, 15) is 14.0 Å². The van der Waals surface area contributed by atoms with Gasteiger partial charge in [-0.05, 0) is 95.0 Å². The van der Waals surface area contributed by atoms with Crippen LogP contribution in [0.2, 0.25) is 0 Å². The fourth-order valence-corrected chi connectivity index (χ4v) is 4.29. The molecule has 0 aliphatic carbocycles. The lowest BCUT2D eigenvalue weighted by atomic mass is 9.97. The summed E-state index contributed by atoms with van der Waals surface area (Å²) in [6.45, 7) is 10.3. The summed E-state index contributed by atoms with van der Waals surface area (Å²) in [6.07, 6.45) is -0.428. The van der Waals surface area contributed by atoms with E-state index in [1.165, 1.54) is 0 Å². The van der Waals surface area contributed by atoms with Crippen molar-refractivity contribution >= 4 is 39.4 Å². The third kappa shape index (κ3) is 7.46. The zero-order valence-corrected chi connectivity index (χ0v) is 23.8. The average molecular weight is 547 g/mol. The molecule has 7 nitrogen and oxygen atoms in total. The van der Waals surface area contributed by atoms with E-state index in [2.05, 4.69) is 5.32 Å². The van der Waals surface area contributed by atoms with Gasteiger partial charge < -0.3 is 14.2 Å². The van der Waals surface area contributed by atoms with Crippen LogP contribution in [-0.2, 0) is 20.7 Å². The molecular weight excluding hydrogens is 511 g/mol. The van der Waals surface area contributed by atoms with E-state index in [0.717, 1.165) is 27.3 Å². The number of benzene rings is 3. The molecule has 0 atom stereocenters. The maximum atomic E-state index is 12.6. The highest BCUT2D eigenvalue weighted by molar-refractivity contribution is 6.12. The van der Waals surface area contributed by atoms with Crippen LogP contribution in [0.1, 0.15) is 47.1 Å². The Bertz CT molecular complexity index is 1540. The Balaban J connectivity index is 1.79. The van der Waals surface area contributed by atoms with Gasteiger partial charge in [-0.1, -0.05) is 18.2 Å². The minimum absolute atomic E-state index is 0.0159. The Hall–Kier alpha value is -4.20. The summed E-state index contributed by atoms with van der Waals surface area (Å²) in [7, 11) is 0. The van der Waals surface area contributed by atoms with Gasteiger partial charge in [0.15, 0.2) is 0 Å². The van der Waals surface area contributed by atoms with E-state index >= 15 is 0 Å². The number of esters is 1. The van der Waals surface area contributed by atoms with Crippen LogP contribution in [0.5, 0.6) is 5.75 Å². The van der Waals surface area contributed by atoms with E-state index in [0.29, 0.717) is 22.6 Å². The van der Waals surface area contributed by atoms with Gasteiger partial charge in [-0.2, -0.15) is 0 Å². The Kier molecular flexibility index (Phi) is 8.28. The topological polar surface area (TPSA) is 86.8 Å². The van der Waals surface area contributed by atoms with Gasteiger partial charge in [-0.25, -0.2) is 14.2 Å². The predicted molar refractivity (Wildman–Crippen MR) is 156 cm³/mol. The molecule has 0 saturated heterocycles. The number of nitrogens with one attached hydrogen (secondary N) is 1. The Morgan fingerprint density at radius 3 is 2.15 bits per heavy atom. The summed E-state index contributed by atoms with van der Waals surface area (Å²) in [4.78, 5) is 29.9. The summed E-state index contributed by atoms with van der Waals surface area (Å²) in [5, 5.41) is 5.46. The molecule has 0 radical (unpaired) electrons. The van der Waals surface area contributed by atoms with E-state index in [4.69, 9.17) is 19.2 Å². The van der Waals surface area contributed by atoms with Crippen molar-refractivity contribution in [1.29, 1.82) is 0 Å². The van der Waals surface area contributed by atoms with Crippen molar-refractivity contribution in [2.45, 2.75) is 59.2 Å². The van der Waals surface area contributed by atoms with Crippen LogP contribution in [0.4, 0.5) is 14.9 Å². The number of hydrogen-bond acceptors (Lipinski definition) is 6. The molecule has 0 aliphatic heterocycles. The second-order valence-corrected chi connectivity index (χ2v) is 11.5. The summed E-state index contributed by atoms with van der Waals surface area (Å²) in [5.41, 5.74) is 2.34. The van der Waals surface area contributed by atoms with Crippen LogP contribution in [-0.4, -0.2) is 41.5 Å². The molecule has 3 aromatic carbocycles. The summed E-state index contributed by atoms with van der Waals surface area (Å²) in [6, 6.07) is 18.6. The van der Waals surface area contributed by atoms with Crippen molar-refractivity contribution < 1.29 is 28.2 Å². The molecule has 1 heterocycles. The fraction of sp³-hybridized carbons (Fsp3) is 0.344. The van der Waals surface area contributed by atoms with Gasteiger partial charge >= 0.3 is 12.1 Å². The number of nitrogens with zero attached hydrogens (tertiary/aromatic N) is 1. The van der Waals surface area contributed by atoms with Crippen molar-refractivity contribution in [2.24, 2.45) is 0 Å². The molecular formula is C32H35FN2O5. The molecule has 8 heteroatoms. The first-order chi connectivity index (χ1) is 18.8. The summed E-state index contributed by atoms with van der Waals surface area (Å²) < 4.78 is 28.9. The quantitative estimate of drug-likeness (QED) is 0.189. The molecule has 0 spiro atoms. The van der Waals surface area contributed by atoms with E-state index < -0.39 is 24.0 Å². The number of rotatable bonds is 7. The van der Waals surface area contributed by atoms with Gasteiger partial charge in [-0.15, -0.1) is 0 Å². The van der Waals surface area contributed by atoms with Crippen LogP contribution in [0.15, 0.2) is 60.7 Å². The second kappa shape index (κ2) is 11.5. The molecule has 4 aromatic rings. The lowest BCUT2D eigenvalue weighted by Crippen LogP contribution is -2.27. The summed E-state index contributed by atoms with van der Waals surface area (Å²) >= 11 is 0. The molecule has 0 saturated carbocycles. The molecule has 0 bridgehead atoms. The number of hydrogen-bond donors (Lipinski definition) is 1. The number of halogens is 1. The van der Waals surface area contributed by atoms with Crippen molar-refractivity contribution in [3.05, 3.63) is 66.2 Å². The SMILES string of the molecule is CC(C)(C)OC(=O)Cc1ccc2c(c1)c(-c1ccc(OCCF)cc1)nc1cc(NC(=O)OC(C)(C)C)ccc12. The van der Waals surface area contributed by atoms with E-state index in [1.54, 1.807) is 45.0 Å². The second-order valence-electron chi connectivity index (χ2n) is 11.5. The van der Waals surface area contributed by atoms with Gasteiger partial charge in [0.05, 0.1) is 17.6 Å². The number of fused-ring (bicyclic) bond motifs is 3. The lowest BCUT2D eigenvalue weighted by Gasteiger charge is -2.20. The van der Waals surface area contributed by atoms with Crippen LogP contribution < -0.4 is 10.1 Å². The summed E-state index contributed by atoms with van der Waals surface area (Å²) in [5.74, 6) is 0.246. The molecule has 0 unspecified atom stereocenters. The van der Waals surface area contributed by atoms with Crippen LogP contribution >= 0.6 is 0 Å². The van der Waals surface area contributed by atoms with Crippen molar-refractivity contribution in [3.8, 4) is 17.0 Å². The first-order valence-corrected chi connectivity index (χ1v) is 13.2. The van der Waals surface area contributed by atoms with Crippen LogP contribution in [0.3, 0.4) is 0 Å². The minimum atomic E-state index is -0.625. The van der Waals surface area contributed by atoms with Crippen LogP contribution in [0, 0.1) is 0 Å². The molecule has 1 N–H and O–H groups in total. The number of alkyl halides is 1. The predicted octanol–water partition coefficient (Wildman–Crippen LogP) is 7.63. The minimum Gasteiger partial charge on any atom is -0.491 e. The van der Waals surface area contributed by atoms with Crippen molar-refractivity contribution in [3.63, 3.8) is 0 Å². The first kappa shape index (κ1) is 28.8. The number of ether oxygens (including phenoxy) is 3. The zero-order valence-electron chi connectivity index (χ0n) is 23.8. The van der Waals surface area contributed by atoms with Crippen molar-refractivity contribution in [2.75, 3.05) is 18.6 Å². The number of amides is 1. The Morgan fingerprint density at radius 2 is 1.50 bits per heavy atom. The number of anilines is 1.